The minimum Gasteiger partial charge on any atom is -0.405 e. The number of carbonyl (C=O) groups is 1. The van der Waals surface area contributed by atoms with Gasteiger partial charge in [-0.1, -0.05) is 11.6 Å². The Morgan fingerprint density at radius 3 is 2.59 bits per heavy atom. The zero-order valence-electron chi connectivity index (χ0n) is 7.72. The van der Waals surface area contributed by atoms with Crippen molar-refractivity contribution in [3.63, 3.8) is 0 Å². The summed E-state index contributed by atoms with van der Waals surface area (Å²) in [6.45, 7) is 0. The van der Waals surface area contributed by atoms with Gasteiger partial charge in [-0.25, -0.2) is 9.78 Å². The maximum atomic E-state index is 12.1. The van der Waals surface area contributed by atoms with E-state index in [1.165, 1.54) is 0 Å². The zero-order valence-corrected chi connectivity index (χ0v) is 10.1. The minimum atomic E-state index is -4.98. The van der Waals surface area contributed by atoms with Crippen LogP contribution in [0.3, 0.4) is 0 Å². The lowest BCUT2D eigenvalue weighted by Gasteiger charge is -2.13. The van der Waals surface area contributed by atoms with E-state index in [4.69, 9.17) is 11.6 Å². The van der Waals surface area contributed by atoms with Crippen molar-refractivity contribution >= 4 is 33.6 Å². The van der Waals surface area contributed by atoms with E-state index in [0.29, 0.717) is 0 Å². The second kappa shape index (κ2) is 4.96. The summed E-state index contributed by atoms with van der Waals surface area (Å²) in [5, 5.41) is -0.291. The summed E-state index contributed by atoms with van der Waals surface area (Å²) in [6.07, 6.45) is -5.52. The lowest BCUT2D eigenvalue weighted by atomic mass is 10.4. The van der Waals surface area contributed by atoms with Gasteiger partial charge in [0.05, 0.1) is 6.20 Å². The van der Waals surface area contributed by atoms with Gasteiger partial charge in [-0.2, -0.15) is 0 Å². The number of nitrogens with two attached hydrogens (primary N) is 1. The number of aromatic nitrogens is 1. The molecule has 0 unspecified atom stereocenters. The summed E-state index contributed by atoms with van der Waals surface area (Å²) in [7, 11) is 0. The van der Waals surface area contributed by atoms with E-state index in [-0.39, 0.29) is 9.63 Å². The van der Waals surface area contributed by atoms with E-state index in [1.807, 2.05) is 0 Å². The highest BCUT2D eigenvalue weighted by Gasteiger charge is 2.34. The van der Waals surface area contributed by atoms with E-state index < -0.39 is 24.0 Å². The fourth-order valence-electron chi connectivity index (χ4n) is 0.824. The van der Waals surface area contributed by atoms with Crippen LogP contribution in [-0.2, 0) is 0 Å². The quantitative estimate of drug-likeness (QED) is 0.843. The van der Waals surface area contributed by atoms with E-state index >= 15 is 0 Å². The van der Waals surface area contributed by atoms with Crippen molar-refractivity contribution in [2.45, 2.75) is 6.36 Å². The smallest absolute Gasteiger partial charge is 0.405 e. The molecule has 0 aromatic carbocycles. The van der Waals surface area contributed by atoms with Gasteiger partial charge in [0.1, 0.15) is 9.63 Å². The molecular weight excluding hydrogens is 332 g/mol. The van der Waals surface area contributed by atoms with Crippen molar-refractivity contribution in [2.24, 2.45) is 5.73 Å². The molecule has 0 atom stereocenters. The van der Waals surface area contributed by atoms with Crippen molar-refractivity contribution in [3.8, 4) is 11.5 Å². The highest BCUT2D eigenvalue weighted by Crippen LogP contribution is 2.41. The molecule has 0 saturated heterocycles. The van der Waals surface area contributed by atoms with Crippen LogP contribution >= 0.6 is 27.5 Å². The summed E-state index contributed by atoms with van der Waals surface area (Å²) >= 11 is 8.20. The SMILES string of the molecule is NC(=O)Oc1cnc(Cl)c(Br)c1OC(F)(F)F. The molecule has 0 fully saturated rings. The van der Waals surface area contributed by atoms with E-state index in [1.54, 1.807) is 0 Å². The third-order valence-corrected chi connectivity index (χ3v) is 2.58. The second-order valence-corrected chi connectivity index (χ2v) is 3.68. The highest BCUT2D eigenvalue weighted by atomic mass is 79.9. The first-order valence-corrected chi connectivity index (χ1v) is 4.95. The zero-order chi connectivity index (χ0) is 13.2. The molecule has 0 aliphatic rings. The van der Waals surface area contributed by atoms with Crippen LogP contribution < -0.4 is 15.2 Å². The average Bonchev–Trinajstić information content (AvgIpc) is 2.15. The molecular formula is C7H3BrClF3N2O3. The Balaban J connectivity index is 3.21. The number of amides is 1. The van der Waals surface area contributed by atoms with Crippen molar-refractivity contribution < 1.29 is 27.4 Å². The van der Waals surface area contributed by atoms with E-state index in [9.17, 15) is 18.0 Å². The first-order valence-electron chi connectivity index (χ1n) is 3.77. The molecule has 0 saturated carbocycles. The van der Waals surface area contributed by atoms with E-state index in [2.05, 4.69) is 36.1 Å². The number of halogens is 5. The van der Waals surface area contributed by atoms with Gasteiger partial charge in [0, 0.05) is 0 Å². The fourth-order valence-corrected chi connectivity index (χ4v) is 1.34. The average molecular weight is 335 g/mol. The molecule has 0 aliphatic carbocycles. The van der Waals surface area contributed by atoms with Crippen molar-refractivity contribution in [1.29, 1.82) is 0 Å². The van der Waals surface area contributed by atoms with Gasteiger partial charge in [0.2, 0.25) is 0 Å². The van der Waals surface area contributed by atoms with Crippen molar-refractivity contribution in [2.75, 3.05) is 0 Å². The topological polar surface area (TPSA) is 74.4 Å². The van der Waals surface area contributed by atoms with Gasteiger partial charge in [-0.3, -0.25) is 0 Å². The fraction of sp³-hybridized carbons (Fsp3) is 0.143. The number of carbonyl (C=O) groups excluding carboxylic acids is 1. The third-order valence-electron chi connectivity index (χ3n) is 1.33. The lowest BCUT2D eigenvalue weighted by molar-refractivity contribution is -0.275. The molecule has 1 heterocycles. The van der Waals surface area contributed by atoms with Gasteiger partial charge < -0.3 is 15.2 Å². The summed E-state index contributed by atoms with van der Waals surface area (Å²) in [6, 6.07) is 0. The summed E-state index contributed by atoms with van der Waals surface area (Å²) in [5.41, 5.74) is 4.67. The molecule has 0 bridgehead atoms. The Labute approximate surface area is 106 Å². The Morgan fingerprint density at radius 1 is 1.53 bits per heavy atom. The Hall–Kier alpha value is -1.22. The largest absolute Gasteiger partial charge is 0.573 e. The number of hydrogen-bond acceptors (Lipinski definition) is 4. The number of ether oxygens (including phenoxy) is 2. The molecule has 0 spiro atoms. The molecule has 1 aromatic rings. The van der Waals surface area contributed by atoms with Crippen LogP contribution in [0.15, 0.2) is 10.7 Å². The molecule has 1 amide bonds. The number of nitrogens with zero attached hydrogens (tertiary/aromatic N) is 1. The van der Waals surface area contributed by atoms with Crippen LogP contribution in [-0.4, -0.2) is 17.4 Å². The monoisotopic (exact) mass is 334 g/mol. The third kappa shape index (κ3) is 3.93. The summed E-state index contributed by atoms with van der Waals surface area (Å²) < 4.78 is 43.9. The standard InChI is InChI=1S/C7H3BrClF3N2O3/c8-3-4(17-7(10,11)12)2(16-6(13)15)1-14-5(3)9/h1H,(H2,13,15). The molecule has 1 rings (SSSR count). The lowest BCUT2D eigenvalue weighted by Crippen LogP contribution is -2.21. The molecule has 1 aromatic heterocycles. The number of primary amides is 1. The molecule has 0 aliphatic heterocycles. The number of rotatable bonds is 2. The Morgan fingerprint density at radius 2 is 2.12 bits per heavy atom. The number of pyridine rings is 1. The van der Waals surface area contributed by atoms with Gasteiger partial charge in [-0.15, -0.1) is 13.2 Å². The minimum absolute atomic E-state index is 0.291. The van der Waals surface area contributed by atoms with Crippen LogP contribution in [0.2, 0.25) is 5.15 Å². The van der Waals surface area contributed by atoms with Crippen molar-refractivity contribution in [1.82, 2.24) is 4.98 Å². The van der Waals surface area contributed by atoms with Crippen LogP contribution in [0.1, 0.15) is 0 Å². The maximum absolute atomic E-state index is 12.1. The predicted molar refractivity (Wildman–Crippen MR) is 53.8 cm³/mol. The molecule has 2 N–H and O–H groups in total. The van der Waals surface area contributed by atoms with Crippen LogP contribution in [0.5, 0.6) is 11.5 Å². The van der Waals surface area contributed by atoms with Crippen molar-refractivity contribution in [3.05, 3.63) is 15.8 Å². The van der Waals surface area contributed by atoms with Gasteiger partial charge in [0.25, 0.3) is 0 Å². The molecule has 5 nitrogen and oxygen atoms in total. The molecule has 10 heteroatoms. The molecule has 17 heavy (non-hydrogen) atoms. The first-order chi connectivity index (χ1) is 7.70. The van der Waals surface area contributed by atoms with Crippen LogP contribution in [0.4, 0.5) is 18.0 Å². The van der Waals surface area contributed by atoms with Gasteiger partial charge in [0.15, 0.2) is 11.5 Å². The van der Waals surface area contributed by atoms with Crippen LogP contribution in [0.25, 0.3) is 0 Å². The summed E-state index contributed by atoms with van der Waals surface area (Å²) in [4.78, 5) is 13.9. The van der Waals surface area contributed by atoms with Gasteiger partial charge >= 0.3 is 12.5 Å². The second-order valence-electron chi connectivity index (χ2n) is 2.53. The molecule has 0 radical (unpaired) electrons. The maximum Gasteiger partial charge on any atom is 0.573 e. The normalized spacial score (nSPS) is 11.1. The van der Waals surface area contributed by atoms with Gasteiger partial charge in [-0.05, 0) is 15.9 Å². The number of alkyl halides is 3. The first kappa shape index (κ1) is 13.8. The molecule has 94 valence electrons. The van der Waals surface area contributed by atoms with E-state index in [0.717, 1.165) is 6.20 Å². The van der Waals surface area contributed by atoms with Crippen LogP contribution in [0, 0.1) is 0 Å². The predicted octanol–water partition coefficient (Wildman–Crippen LogP) is 2.85. The highest BCUT2D eigenvalue weighted by molar-refractivity contribution is 9.10. The Bertz CT molecular complexity index is 455. The summed E-state index contributed by atoms with van der Waals surface area (Å²) in [5.74, 6) is -1.44. The number of hydrogen-bond donors (Lipinski definition) is 1. The Kier molecular flexibility index (Phi) is 4.04.